The molecule has 0 unspecified atom stereocenters. The Bertz CT molecular complexity index is 3450. The van der Waals surface area contributed by atoms with Gasteiger partial charge in [-0.1, -0.05) is 19.6 Å². The van der Waals surface area contributed by atoms with Crippen molar-refractivity contribution in [3.05, 3.63) is 121 Å². The van der Waals surface area contributed by atoms with E-state index >= 15 is 0 Å². The molecule has 0 aliphatic carbocycles. The van der Waals surface area contributed by atoms with Gasteiger partial charge in [-0.25, -0.2) is 38.7 Å². The van der Waals surface area contributed by atoms with Gasteiger partial charge >= 0.3 is 0 Å². The number of nitrogens with zero attached hydrogens (tertiary/aromatic N) is 11. The number of H-pyrrole nitrogens is 1. The normalized spacial score (nSPS) is 12.7. The molecule has 0 saturated carbocycles. The molecule has 0 radical (unpaired) electrons. The number of nitrogens with one attached hydrogen (secondary N) is 3. The summed E-state index contributed by atoms with van der Waals surface area (Å²) in [6.07, 6.45) is 12.4. The topological polar surface area (TPSA) is 227 Å². The van der Waals surface area contributed by atoms with Crippen molar-refractivity contribution in [1.29, 1.82) is 0 Å². The van der Waals surface area contributed by atoms with Crippen molar-refractivity contribution in [2.45, 2.75) is 58.3 Å². The lowest BCUT2D eigenvalue weighted by Gasteiger charge is -2.15. The van der Waals surface area contributed by atoms with Gasteiger partial charge in [0.05, 0.1) is 46.9 Å². The molecular weight excluding hydrogens is 895 g/mol. The van der Waals surface area contributed by atoms with Crippen molar-refractivity contribution in [3.8, 4) is 22.8 Å². The maximum atomic E-state index is 13.8. The lowest BCUT2D eigenvalue weighted by Crippen LogP contribution is -2.26. The lowest BCUT2D eigenvalue weighted by atomic mass is 10.1. The molecule has 10 aromatic rings. The lowest BCUT2D eigenvalue weighted by molar-refractivity contribution is 0.0888. The molecule has 0 aliphatic heterocycles. The van der Waals surface area contributed by atoms with Crippen LogP contribution < -0.4 is 10.6 Å². The number of hydrogen-bond acceptors (Lipinski definition) is 13. The van der Waals surface area contributed by atoms with Crippen LogP contribution in [0.5, 0.6) is 0 Å². The number of aromatic amines is 1. The van der Waals surface area contributed by atoms with E-state index in [2.05, 4.69) is 70.4 Å². The first kappa shape index (κ1) is 45.2. The SMILES string of the molecule is C[C@@H](NC(=O)c1c[nH]c2ncc(-c3nn(C)c4cc(F)ccc34)nc12)c1ncco1.C[C@@H](NC(=O)c1cn(COCC[Si](C)(C)C)c2ncc(-c3nn(C)c4cc(F)ccc34)nc12)c1ncco1. The number of carbonyl (C=O) groups is 2. The van der Waals surface area contributed by atoms with Gasteiger partial charge in [0.1, 0.15) is 76.8 Å². The number of benzene rings is 2. The number of aryl methyl sites for hydroxylation is 2. The minimum atomic E-state index is -1.25. The van der Waals surface area contributed by atoms with Gasteiger partial charge in [-0.15, -0.1) is 0 Å². The van der Waals surface area contributed by atoms with Crippen LogP contribution in [0.3, 0.4) is 0 Å². The summed E-state index contributed by atoms with van der Waals surface area (Å²) in [5.41, 5.74) is 5.82. The molecule has 10 rings (SSSR count). The molecule has 3 N–H and O–H groups in total. The molecule has 348 valence electrons. The van der Waals surface area contributed by atoms with E-state index in [4.69, 9.17) is 18.6 Å². The highest BCUT2D eigenvalue weighted by Crippen LogP contribution is 2.31. The van der Waals surface area contributed by atoms with Gasteiger partial charge in [-0.3, -0.25) is 19.0 Å². The van der Waals surface area contributed by atoms with E-state index in [9.17, 15) is 18.4 Å². The second kappa shape index (κ2) is 18.4. The molecule has 8 aromatic heterocycles. The van der Waals surface area contributed by atoms with E-state index in [1.54, 1.807) is 78.8 Å². The number of ether oxygens (including phenoxy) is 1. The minimum Gasteiger partial charge on any atom is -0.447 e. The Morgan fingerprint density at radius 2 is 1.31 bits per heavy atom. The van der Waals surface area contributed by atoms with Crippen molar-refractivity contribution in [2.75, 3.05) is 6.61 Å². The average molecular weight is 941 g/mol. The van der Waals surface area contributed by atoms with Crippen LogP contribution in [0, 0.1) is 11.6 Å². The standard InChI is InChI=1S/C26H30FN7O3Si.C20H16FN7O2/c1-16(26-28-8-9-37-26)30-25(35)19-14-34(15-36-10-11-38(3,4)5)24-23(19)31-20(13-29-24)22-18-7-6-17(27)12-21(18)33(2)32-22;1-10(20-22-5-6-30-20)25-19(29)13-8-23-18-17(13)26-14(9-24-18)16-12-4-3-11(21)7-15(12)28(2)27-16/h6-9,12-14,16H,10-11,15H2,1-5H3,(H,30,35);3-10H,1-2H3,(H,23,24)(H,25,29)/t16-;10-/m11/s1. The van der Waals surface area contributed by atoms with Crippen molar-refractivity contribution in [1.82, 2.24) is 69.6 Å². The van der Waals surface area contributed by atoms with Crippen LogP contribution in [0.4, 0.5) is 8.78 Å². The predicted octanol–water partition coefficient (Wildman–Crippen LogP) is 8.05. The summed E-state index contributed by atoms with van der Waals surface area (Å²) in [4.78, 5) is 55.8. The fourth-order valence-electron chi connectivity index (χ4n) is 7.56. The Morgan fingerprint density at radius 3 is 1.85 bits per heavy atom. The summed E-state index contributed by atoms with van der Waals surface area (Å²) in [6, 6.07) is 9.08. The van der Waals surface area contributed by atoms with E-state index < -0.39 is 20.2 Å². The number of fused-ring (bicyclic) bond motifs is 4. The molecular formula is C46H46F2N14O5Si. The predicted molar refractivity (Wildman–Crippen MR) is 250 cm³/mol. The molecule has 0 bridgehead atoms. The highest BCUT2D eigenvalue weighted by Gasteiger charge is 2.25. The molecule has 8 heterocycles. The Balaban J connectivity index is 0.000000174. The molecule has 0 fully saturated rings. The van der Waals surface area contributed by atoms with Crippen LogP contribution in [-0.4, -0.2) is 85.5 Å². The maximum Gasteiger partial charge on any atom is 0.255 e. The van der Waals surface area contributed by atoms with Gasteiger partial charge in [0, 0.05) is 51.9 Å². The summed E-state index contributed by atoms with van der Waals surface area (Å²) in [7, 11) is 2.23. The number of amides is 2. The van der Waals surface area contributed by atoms with E-state index in [0.29, 0.717) is 85.7 Å². The van der Waals surface area contributed by atoms with Gasteiger partial charge < -0.3 is 33.8 Å². The van der Waals surface area contributed by atoms with Crippen LogP contribution in [0.25, 0.3) is 66.9 Å². The van der Waals surface area contributed by atoms with Crippen LogP contribution in [-0.2, 0) is 25.6 Å². The van der Waals surface area contributed by atoms with Crippen LogP contribution in [0.2, 0.25) is 25.7 Å². The highest BCUT2D eigenvalue weighted by molar-refractivity contribution is 6.76. The van der Waals surface area contributed by atoms with E-state index in [0.717, 1.165) is 16.8 Å². The zero-order valence-corrected chi connectivity index (χ0v) is 39.1. The zero-order valence-electron chi connectivity index (χ0n) is 38.1. The first-order chi connectivity index (χ1) is 32.6. The molecule has 2 atom stereocenters. The molecule has 0 spiro atoms. The summed E-state index contributed by atoms with van der Waals surface area (Å²) in [6.45, 7) is 11.3. The largest absolute Gasteiger partial charge is 0.447 e. The van der Waals surface area contributed by atoms with Gasteiger partial charge in [0.25, 0.3) is 11.8 Å². The van der Waals surface area contributed by atoms with E-state index in [1.165, 1.54) is 49.2 Å². The molecule has 68 heavy (non-hydrogen) atoms. The second-order valence-corrected chi connectivity index (χ2v) is 23.0. The van der Waals surface area contributed by atoms with E-state index in [-0.39, 0.29) is 30.2 Å². The molecule has 0 aliphatic rings. The Morgan fingerprint density at radius 1 is 0.765 bits per heavy atom. The zero-order chi connectivity index (χ0) is 47.9. The summed E-state index contributed by atoms with van der Waals surface area (Å²) >= 11 is 0. The van der Waals surface area contributed by atoms with Gasteiger partial charge in [-0.05, 0) is 56.3 Å². The number of rotatable bonds is 13. The van der Waals surface area contributed by atoms with Crippen LogP contribution in [0.1, 0.15) is 58.4 Å². The Hall–Kier alpha value is -7.98. The van der Waals surface area contributed by atoms with Crippen LogP contribution >= 0.6 is 0 Å². The van der Waals surface area contributed by atoms with Crippen molar-refractivity contribution in [3.63, 3.8) is 0 Å². The molecule has 0 saturated heterocycles. The smallest absolute Gasteiger partial charge is 0.255 e. The van der Waals surface area contributed by atoms with Crippen molar-refractivity contribution >= 4 is 64.0 Å². The number of halogens is 2. The fraction of sp³-hybridized carbons (Fsp3) is 0.261. The first-order valence-electron chi connectivity index (χ1n) is 21.6. The third kappa shape index (κ3) is 9.22. The highest BCUT2D eigenvalue weighted by atomic mass is 28.3. The van der Waals surface area contributed by atoms with E-state index in [1.807, 2.05) is 0 Å². The third-order valence-corrected chi connectivity index (χ3v) is 12.8. The average Bonchev–Trinajstić information content (AvgIpc) is 4.18. The number of carbonyl (C=O) groups excluding carboxylic acids is 2. The monoisotopic (exact) mass is 940 g/mol. The molecule has 22 heteroatoms. The molecule has 2 amide bonds. The quantitative estimate of drug-likeness (QED) is 0.0735. The minimum absolute atomic E-state index is 0.239. The third-order valence-electron chi connectivity index (χ3n) is 11.1. The van der Waals surface area contributed by atoms with Crippen LogP contribution in [0.15, 0.2) is 94.9 Å². The second-order valence-electron chi connectivity index (χ2n) is 17.3. The van der Waals surface area contributed by atoms with Crippen molar-refractivity contribution < 1.29 is 31.9 Å². The van der Waals surface area contributed by atoms with Gasteiger partial charge in [-0.2, -0.15) is 10.2 Å². The summed E-state index contributed by atoms with van der Waals surface area (Å²) < 4.78 is 48.9. The first-order valence-corrected chi connectivity index (χ1v) is 25.3. The van der Waals surface area contributed by atoms with Crippen molar-refractivity contribution in [2.24, 2.45) is 14.1 Å². The molecule has 2 aromatic carbocycles. The van der Waals surface area contributed by atoms with Gasteiger partial charge in [0.2, 0.25) is 11.8 Å². The Kier molecular flexibility index (Phi) is 12.2. The summed E-state index contributed by atoms with van der Waals surface area (Å²) in [5.74, 6) is -0.576. The maximum absolute atomic E-state index is 13.8. The van der Waals surface area contributed by atoms with Gasteiger partial charge in [0.15, 0.2) is 11.3 Å². The number of aromatic nitrogens is 12. The molecule has 19 nitrogen and oxygen atoms in total. The number of oxazole rings is 2. The fourth-order valence-corrected chi connectivity index (χ4v) is 8.32. The number of hydrogen-bond donors (Lipinski definition) is 3. The Labute approximate surface area is 387 Å². The summed E-state index contributed by atoms with van der Waals surface area (Å²) in [5, 5.41) is 16.2.